The molecule has 2 saturated heterocycles. The number of primary amides is 1. The highest BCUT2D eigenvalue weighted by Crippen LogP contribution is 2.28. The number of nitrogens with two attached hydrogens (primary N) is 1. The summed E-state index contributed by atoms with van der Waals surface area (Å²) in [5.74, 6) is -0.258. The van der Waals surface area contributed by atoms with Gasteiger partial charge in [-0.05, 0) is 37.8 Å². The molecule has 0 unspecified atom stereocenters. The van der Waals surface area contributed by atoms with Gasteiger partial charge in [0.2, 0.25) is 11.8 Å². The van der Waals surface area contributed by atoms with Crippen molar-refractivity contribution in [2.45, 2.75) is 37.7 Å². The molecule has 2 heterocycles. The Labute approximate surface area is 155 Å². The second-order valence-corrected chi connectivity index (χ2v) is 7.75. The van der Waals surface area contributed by atoms with Crippen molar-refractivity contribution in [3.8, 4) is 0 Å². The average Bonchev–Trinajstić information content (AvgIpc) is 2.62. The standard InChI is InChI=1S/C20H29N3O3/c21-18(24)15-22-10-4-7-17(14-22)19(25)23-11-8-20(26,9-12-23)13-16-5-2-1-3-6-16/h1-3,5-6,17,26H,4,7-15H2,(H2,21,24)/t17-/m1/s1. The van der Waals surface area contributed by atoms with E-state index in [2.05, 4.69) is 0 Å². The van der Waals surface area contributed by atoms with Crippen LogP contribution in [-0.2, 0) is 16.0 Å². The Balaban J connectivity index is 1.52. The first-order valence-electron chi connectivity index (χ1n) is 9.51. The quantitative estimate of drug-likeness (QED) is 0.813. The van der Waals surface area contributed by atoms with Gasteiger partial charge in [0.1, 0.15) is 0 Å². The molecule has 1 aromatic carbocycles. The van der Waals surface area contributed by atoms with E-state index in [9.17, 15) is 14.7 Å². The lowest BCUT2D eigenvalue weighted by molar-refractivity contribution is -0.142. The van der Waals surface area contributed by atoms with Crippen molar-refractivity contribution >= 4 is 11.8 Å². The number of nitrogens with zero attached hydrogens (tertiary/aromatic N) is 2. The Bertz CT molecular complexity index is 626. The first kappa shape index (κ1) is 18.9. The molecule has 3 N–H and O–H groups in total. The van der Waals surface area contributed by atoms with Crippen LogP contribution in [0.1, 0.15) is 31.2 Å². The number of carbonyl (C=O) groups excluding carboxylic acids is 2. The fourth-order valence-corrected chi connectivity index (χ4v) is 4.18. The Morgan fingerprint density at radius 3 is 2.50 bits per heavy atom. The van der Waals surface area contributed by atoms with Crippen LogP contribution >= 0.6 is 0 Å². The summed E-state index contributed by atoms with van der Waals surface area (Å²) < 4.78 is 0. The zero-order chi connectivity index (χ0) is 18.6. The summed E-state index contributed by atoms with van der Waals surface area (Å²) in [6.45, 7) is 2.83. The number of rotatable bonds is 5. The van der Waals surface area contributed by atoms with E-state index < -0.39 is 5.60 Å². The van der Waals surface area contributed by atoms with Crippen LogP contribution in [0.4, 0.5) is 0 Å². The first-order valence-corrected chi connectivity index (χ1v) is 9.51. The summed E-state index contributed by atoms with van der Waals surface area (Å²) in [5, 5.41) is 10.9. The van der Waals surface area contributed by atoms with Gasteiger partial charge in [-0.2, -0.15) is 0 Å². The third-order valence-electron chi connectivity index (χ3n) is 5.62. The van der Waals surface area contributed by atoms with Gasteiger partial charge in [-0.25, -0.2) is 0 Å². The van der Waals surface area contributed by atoms with Crippen LogP contribution in [0.5, 0.6) is 0 Å². The average molecular weight is 359 g/mol. The maximum Gasteiger partial charge on any atom is 0.231 e. The molecule has 0 saturated carbocycles. The molecule has 0 aromatic heterocycles. The summed E-state index contributed by atoms with van der Waals surface area (Å²) in [5.41, 5.74) is 5.67. The van der Waals surface area contributed by atoms with Gasteiger partial charge in [0, 0.05) is 26.1 Å². The summed E-state index contributed by atoms with van der Waals surface area (Å²) >= 11 is 0. The Hall–Kier alpha value is -1.92. The van der Waals surface area contributed by atoms with Crippen LogP contribution in [0.2, 0.25) is 0 Å². The third kappa shape index (κ3) is 4.83. The molecule has 2 fully saturated rings. The van der Waals surface area contributed by atoms with Crippen molar-refractivity contribution in [2.75, 3.05) is 32.7 Å². The van der Waals surface area contributed by atoms with Crippen molar-refractivity contribution in [1.82, 2.24) is 9.80 Å². The molecule has 0 radical (unpaired) electrons. The van der Waals surface area contributed by atoms with E-state index in [4.69, 9.17) is 5.73 Å². The second-order valence-electron chi connectivity index (χ2n) is 7.75. The Morgan fingerprint density at radius 1 is 1.15 bits per heavy atom. The smallest absolute Gasteiger partial charge is 0.231 e. The normalized spacial score (nSPS) is 23.6. The fourth-order valence-electron chi connectivity index (χ4n) is 4.18. The number of hydrogen-bond acceptors (Lipinski definition) is 4. The summed E-state index contributed by atoms with van der Waals surface area (Å²) in [7, 11) is 0. The lowest BCUT2D eigenvalue weighted by Gasteiger charge is -2.41. The zero-order valence-electron chi connectivity index (χ0n) is 15.3. The number of piperidine rings is 2. The van der Waals surface area contributed by atoms with E-state index in [0.29, 0.717) is 38.9 Å². The van der Waals surface area contributed by atoms with E-state index in [1.165, 1.54) is 0 Å². The predicted octanol–water partition coefficient (Wildman–Crippen LogP) is 0.780. The number of amides is 2. The van der Waals surface area contributed by atoms with Gasteiger partial charge < -0.3 is 15.7 Å². The van der Waals surface area contributed by atoms with Crippen molar-refractivity contribution in [3.05, 3.63) is 35.9 Å². The number of aliphatic hydroxyl groups is 1. The van der Waals surface area contributed by atoms with E-state index in [-0.39, 0.29) is 24.3 Å². The Morgan fingerprint density at radius 2 is 1.85 bits per heavy atom. The van der Waals surface area contributed by atoms with Gasteiger partial charge >= 0.3 is 0 Å². The van der Waals surface area contributed by atoms with Crippen molar-refractivity contribution in [3.63, 3.8) is 0 Å². The first-order chi connectivity index (χ1) is 12.5. The van der Waals surface area contributed by atoms with E-state index in [0.717, 1.165) is 24.9 Å². The van der Waals surface area contributed by atoms with Crippen LogP contribution in [0.3, 0.4) is 0 Å². The Kier molecular flexibility index (Phi) is 5.94. The second kappa shape index (κ2) is 8.18. The molecule has 2 aliphatic heterocycles. The zero-order valence-corrected chi connectivity index (χ0v) is 15.3. The van der Waals surface area contributed by atoms with Gasteiger partial charge in [-0.15, -0.1) is 0 Å². The molecule has 6 nitrogen and oxygen atoms in total. The van der Waals surface area contributed by atoms with Gasteiger partial charge in [-0.3, -0.25) is 14.5 Å². The molecule has 3 rings (SSSR count). The van der Waals surface area contributed by atoms with Crippen LogP contribution < -0.4 is 5.73 Å². The minimum Gasteiger partial charge on any atom is -0.389 e. The van der Waals surface area contributed by atoms with Crippen molar-refractivity contribution in [1.29, 1.82) is 0 Å². The minimum atomic E-state index is -0.733. The molecular weight excluding hydrogens is 330 g/mol. The SMILES string of the molecule is NC(=O)CN1CCC[C@@H](C(=O)N2CCC(O)(Cc3ccccc3)CC2)C1. The fraction of sp³-hybridized carbons (Fsp3) is 0.600. The summed E-state index contributed by atoms with van der Waals surface area (Å²) in [6.07, 6.45) is 3.61. The number of hydrogen-bond donors (Lipinski definition) is 2. The maximum absolute atomic E-state index is 12.9. The molecule has 1 aromatic rings. The van der Waals surface area contributed by atoms with Crippen molar-refractivity contribution in [2.24, 2.45) is 11.7 Å². The van der Waals surface area contributed by atoms with Crippen LogP contribution in [0, 0.1) is 5.92 Å². The van der Waals surface area contributed by atoms with E-state index in [1.807, 2.05) is 40.1 Å². The number of benzene rings is 1. The lowest BCUT2D eigenvalue weighted by atomic mass is 9.84. The summed E-state index contributed by atoms with van der Waals surface area (Å²) in [4.78, 5) is 27.8. The number of likely N-dealkylation sites (tertiary alicyclic amines) is 2. The third-order valence-corrected chi connectivity index (χ3v) is 5.62. The molecule has 2 aliphatic rings. The topological polar surface area (TPSA) is 86.9 Å². The minimum absolute atomic E-state index is 0.0663. The van der Waals surface area contributed by atoms with Gasteiger partial charge in [0.05, 0.1) is 18.1 Å². The van der Waals surface area contributed by atoms with Crippen LogP contribution in [0.25, 0.3) is 0 Å². The molecule has 2 amide bonds. The highest BCUT2D eigenvalue weighted by Gasteiger charge is 2.36. The number of carbonyl (C=O) groups is 2. The molecule has 1 atom stereocenters. The van der Waals surface area contributed by atoms with Gasteiger partial charge in [0.15, 0.2) is 0 Å². The molecule has 6 heteroatoms. The van der Waals surface area contributed by atoms with Gasteiger partial charge in [0.25, 0.3) is 0 Å². The van der Waals surface area contributed by atoms with Gasteiger partial charge in [-0.1, -0.05) is 30.3 Å². The molecule has 0 aliphatic carbocycles. The monoisotopic (exact) mass is 359 g/mol. The van der Waals surface area contributed by atoms with Crippen LogP contribution in [-0.4, -0.2) is 65.0 Å². The predicted molar refractivity (Wildman–Crippen MR) is 99.3 cm³/mol. The molecule has 0 spiro atoms. The largest absolute Gasteiger partial charge is 0.389 e. The van der Waals surface area contributed by atoms with E-state index >= 15 is 0 Å². The molecule has 142 valence electrons. The molecular formula is C20H29N3O3. The highest BCUT2D eigenvalue weighted by atomic mass is 16.3. The molecule has 0 bridgehead atoms. The lowest BCUT2D eigenvalue weighted by Crippen LogP contribution is -2.52. The highest BCUT2D eigenvalue weighted by molar-refractivity contribution is 5.80. The summed E-state index contributed by atoms with van der Waals surface area (Å²) in [6, 6.07) is 10.0. The molecule has 26 heavy (non-hydrogen) atoms. The van der Waals surface area contributed by atoms with E-state index in [1.54, 1.807) is 0 Å². The van der Waals surface area contributed by atoms with Crippen LogP contribution in [0.15, 0.2) is 30.3 Å². The maximum atomic E-state index is 12.9. The van der Waals surface area contributed by atoms with Crippen molar-refractivity contribution < 1.29 is 14.7 Å².